The van der Waals surface area contributed by atoms with Gasteiger partial charge in [0.05, 0.1) is 6.61 Å². The molecule has 2 aliphatic rings. The molecular weight excluding hydrogens is 248 g/mol. The quantitative estimate of drug-likeness (QED) is 0.860. The second kappa shape index (κ2) is 6.57. The minimum Gasteiger partial charge on any atom is -0.477 e. The van der Waals surface area contributed by atoms with Crippen molar-refractivity contribution >= 4 is 0 Å². The highest BCUT2D eigenvalue weighted by Gasteiger charge is 2.20. The van der Waals surface area contributed by atoms with Crippen molar-refractivity contribution in [2.45, 2.75) is 64.5 Å². The van der Waals surface area contributed by atoms with Gasteiger partial charge in [0.2, 0.25) is 5.88 Å². The van der Waals surface area contributed by atoms with Gasteiger partial charge in [-0.25, -0.2) is 4.98 Å². The number of pyridine rings is 1. The fourth-order valence-electron chi connectivity index (χ4n) is 2.99. The third kappa shape index (κ3) is 4.20. The monoisotopic (exact) mass is 274 g/mol. The van der Waals surface area contributed by atoms with Crippen molar-refractivity contribution in [3.8, 4) is 5.88 Å². The summed E-state index contributed by atoms with van der Waals surface area (Å²) in [7, 11) is 0. The van der Waals surface area contributed by atoms with Crippen molar-refractivity contribution in [3.05, 3.63) is 23.4 Å². The lowest BCUT2D eigenvalue weighted by Crippen LogP contribution is -2.17. The summed E-state index contributed by atoms with van der Waals surface area (Å²) in [5.74, 6) is 1.54. The maximum Gasteiger partial charge on any atom is 0.213 e. The van der Waals surface area contributed by atoms with Crippen molar-refractivity contribution in [1.29, 1.82) is 0 Å². The summed E-state index contributed by atoms with van der Waals surface area (Å²) >= 11 is 0. The van der Waals surface area contributed by atoms with Crippen molar-refractivity contribution in [2.24, 2.45) is 5.92 Å². The lowest BCUT2D eigenvalue weighted by Gasteiger charge is -2.21. The first-order valence-electron chi connectivity index (χ1n) is 8.13. The van der Waals surface area contributed by atoms with Crippen LogP contribution in [0.2, 0.25) is 0 Å². The summed E-state index contributed by atoms with van der Waals surface area (Å²) in [6.07, 6.45) is 9.43. The first-order valence-corrected chi connectivity index (χ1v) is 8.13. The lowest BCUT2D eigenvalue weighted by molar-refractivity contribution is 0.202. The van der Waals surface area contributed by atoms with E-state index in [9.17, 15) is 0 Å². The van der Waals surface area contributed by atoms with E-state index < -0.39 is 0 Å². The molecule has 0 radical (unpaired) electrons. The second-order valence-corrected chi connectivity index (χ2v) is 6.43. The van der Waals surface area contributed by atoms with Gasteiger partial charge in [-0.3, -0.25) is 0 Å². The molecule has 0 unspecified atom stereocenters. The Balaban J connectivity index is 1.53. The predicted molar refractivity (Wildman–Crippen MR) is 80.9 cm³/mol. The first kappa shape index (κ1) is 13.9. The van der Waals surface area contributed by atoms with Gasteiger partial charge in [-0.2, -0.15) is 0 Å². The molecular formula is C17H26N2O. The molecule has 0 atom stereocenters. The van der Waals surface area contributed by atoms with Crippen molar-refractivity contribution < 1.29 is 4.74 Å². The number of rotatable bonds is 6. The summed E-state index contributed by atoms with van der Waals surface area (Å²) < 4.78 is 5.95. The molecule has 0 amide bonds. The minimum atomic E-state index is 0.735. The number of nitrogens with one attached hydrogen (secondary N) is 1. The van der Waals surface area contributed by atoms with Crippen LogP contribution in [0.5, 0.6) is 5.88 Å². The molecule has 0 bridgehead atoms. The van der Waals surface area contributed by atoms with Crippen LogP contribution in [0.15, 0.2) is 12.1 Å². The van der Waals surface area contributed by atoms with Gasteiger partial charge in [0.1, 0.15) is 0 Å². The van der Waals surface area contributed by atoms with Crippen LogP contribution in [0.25, 0.3) is 0 Å². The molecule has 0 aromatic carbocycles. The zero-order chi connectivity index (χ0) is 13.8. The van der Waals surface area contributed by atoms with Crippen LogP contribution in [0.4, 0.5) is 0 Å². The van der Waals surface area contributed by atoms with E-state index in [1.54, 1.807) is 0 Å². The first-order chi connectivity index (χ1) is 9.79. The maximum absolute atomic E-state index is 5.95. The van der Waals surface area contributed by atoms with Gasteiger partial charge in [0, 0.05) is 24.3 Å². The fourth-order valence-corrected chi connectivity index (χ4v) is 2.99. The molecule has 1 heterocycles. The summed E-state index contributed by atoms with van der Waals surface area (Å²) in [6.45, 7) is 3.83. The Kier molecular flexibility index (Phi) is 4.56. The topological polar surface area (TPSA) is 34.1 Å². The molecule has 1 aromatic heterocycles. The summed E-state index contributed by atoms with van der Waals surface area (Å²) in [5.41, 5.74) is 2.35. The predicted octanol–water partition coefficient (Wildman–Crippen LogP) is 3.60. The van der Waals surface area contributed by atoms with Crippen molar-refractivity contribution in [2.75, 3.05) is 6.61 Å². The van der Waals surface area contributed by atoms with Gasteiger partial charge in [-0.05, 0) is 50.2 Å². The standard InChI is InChI=1S/C17H26N2O/c1-13-9-15(11-18-16-7-8-16)10-17(19-13)20-12-14-5-3-2-4-6-14/h9-10,14,16,18H,2-8,11-12H2,1H3. The molecule has 0 saturated heterocycles. The fraction of sp³-hybridized carbons (Fsp3) is 0.706. The van der Waals surface area contributed by atoms with Gasteiger partial charge >= 0.3 is 0 Å². The Hall–Kier alpha value is -1.09. The summed E-state index contributed by atoms with van der Waals surface area (Å²) in [5, 5.41) is 3.55. The van der Waals surface area contributed by atoms with Gasteiger partial charge in [-0.1, -0.05) is 19.3 Å². The Bertz CT molecular complexity index is 437. The van der Waals surface area contributed by atoms with E-state index in [1.165, 1.54) is 50.5 Å². The normalized spacial score (nSPS) is 20.1. The lowest BCUT2D eigenvalue weighted by atomic mass is 9.90. The third-order valence-electron chi connectivity index (χ3n) is 4.35. The van der Waals surface area contributed by atoms with Crippen molar-refractivity contribution in [3.63, 3.8) is 0 Å². The molecule has 2 aliphatic carbocycles. The largest absolute Gasteiger partial charge is 0.477 e. The summed E-state index contributed by atoms with van der Waals surface area (Å²) in [6, 6.07) is 5.00. The SMILES string of the molecule is Cc1cc(CNC2CC2)cc(OCC2CCCCC2)n1. The van der Waals surface area contributed by atoms with Crippen LogP contribution in [0, 0.1) is 12.8 Å². The zero-order valence-corrected chi connectivity index (χ0v) is 12.5. The van der Waals surface area contributed by atoms with Gasteiger partial charge in [0.25, 0.3) is 0 Å². The van der Waals surface area contributed by atoms with Crippen LogP contribution in [-0.2, 0) is 6.54 Å². The van der Waals surface area contributed by atoms with E-state index in [2.05, 4.69) is 22.4 Å². The average Bonchev–Trinajstić information content (AvgIpc) is 3.28. The maximum atomic E-state index is 5.95. The van der Waals surface area contributed by atoms with E-state index in [0.29, 0.717) is 0 Å². The van der Waals surface area contributed by atoms with Crippen molar-refractivity contribution in [1.82, 2.24) is 10.3 Å². The van der Waals surface area contributed by atoms with Crippen LogP contribution in [-0.4, -0.2) is 17.6 Å². The molecule has 20 heavy (non-hydrogen) atoms. The number of aromatic nitrogens is 1. The third-order valence-corrected chi connectivity index (χ3v) is 4.35. The molecule has 0 aliphatic heterocycles. The van der Waals surface area contributed by atoms with Gasteiger partial charge in [-0.15, -0.1) is 0 Å². The van der Waals surface area contributed by atoms with Gasteiger partial charge < -0.3 is 10.1 Å². The molecule has 2 saturated carbocycles. The number of ether oxygens (including phenoxy) is 1. The number of hydrogen-bond donors (Lipinski definition) is 1. The molecule has 3 heteroatoms. The highest BCUT2D eigenvalue weighted by Crippen LogP contribution is 2.25. The molecule has 110 valence electrons. The van der Waals surface area contributed by atoms with Crippen LogP contribution >= 0.6 is 0 Å². The van der Waals surface area contributed by atoms with E-state index in [4.69, 9.17) is 4.74 Å². The molecule has 3 nitrogen and oxygen atoms in total. The van der Waals surface area contributed by atoms with Crippen LogP contribution in [0.3, 0.4) is 0 Å². The number of aryl methyl sites for hydroxylation is 1. The second-order valence-electron chi connectivity index (χ2n) is 6.43. The summed E-state index contributed by atoms with van der Waals surface area (Å²) in [4.78, 5) is 4.51. The minimum absolute atomic E-state index is 0.735. The average molecular weight is 274 g/mol. The number of hydrogen-bond acceptors (Lipinski definition) is 3. The molecule has 2 fully saturated rings. The Labute approximate surface area is 122 Å². The zero-order valence-electron chi connectivity index (χ0n) is 12.5. The Morgan fingerprint density at radius 1 is 1.15 bits per heavy atom. The van der Waals surface area contributed by atoms with Crippen LogP contribution < -0.4 is 10.1 Å². The molecule has 3 rings (SSSR count). The van der Waals surface area contributed by atoms with E-state index in [1.807, 2.05) is 6.92 Å². The Morgan fingerprint density at radius 3 is 2.70 bits per heavy atom. The molecule has 1 aromatic rings. The van der Waals surface area contributed by atoms with E-state index in [0.717, 1.165) is 36.7 Å². The van der Waals surface area contributed by atoms with E-state index in [-0.39, 0.29) is 0 Å². The van der Waals surface area contributed by atoms with Gasteiger partial charge in [0.15, 0.2) is 0 Å². The number of nitrogens with zero attached hydrogens (tertiary/aromatic N) is 1. The highest BCUT2D eigenvalue weighted by atomic mass is 16.5. The highest BCUT2D eigenvalue weighted by molar-refractivity contribution is 5.24. The molecule has 1 N–H and O–H groups in total. The smallest absolute Gasteiger partial charge is 0.213 e. The molecule has 0 spiro atoms. The Morgan fingerprint density at radius 2 is 1.95 bits per heavy atom. The van der Waals surface area contributed by atoms with E-state index >= 15 is 0 Å². The van der Waals surface area contributed by atoms with Crippen LogP contribution in [0.1, 0.15) is 56.2 Å².